The Hall–Kier alpha value is -3.04. The second-order valence-corrected chi connectivity index (χ2v) is 18.2. The van der Waals surface area contributed by atoms with Gasteiger partial charge in [0.1, 0.15) is 0 Å². The van der Waals surface area contributed by atoms with Gasteiger partial charge in [0.2, 0.25) is 0 Å². The minimum atomic E-state index is 0.181. The Kier molecular flexibility index (Phi) is 27.3. The van der Waals surface area contributed by atoms with Crippen molar-refractivity contribution >= 4 is 0 Å². The van der Waals surface area contributed by atoms with Crippen molar-refractivity contribution < 1.29 is 0 Å². The third-order valence-corrected chi connectivity index (χ3v) is 12.9. The molecular formula is C53H91N11. The minimum Gasteiger partial charge on any atom is -0.330 e. The summed E-state index contributed by atoms with van der Waals surface area (Å²) in [6, 6.07) is 19.2. The van der Waals surface area contributed by atoms with Gasteiger partial charge in [-0.25, -0.2) is 0 Å². The van der Waals surface area contributed by atoms with E-state index in [1.54, 1.807) is 0 Å². The molecule has 3 aromatic rings. The highest BCUT2D eigenvalue weighted by molar-refractivity contribution is 5.80. The molecule has 4 rings (SSSR count). The lowest BCUT2D eigenvalue weighted by atomic mass is 9.74. The standard InChI is InChI=1S/C53H91N11/c1-2-3-4-11-26-59-35-43-16-18-45(37-62-29-14-24-56)49(31-43)51-34-48(40-63-30-15-25-57)52(33-47(51)39-61-27-12-6-5-10-22-54)50-32-44(36-60-28-13-23-55)17-19-46(50)38-64-42-53(41-58)20-8-7-9-21-53/h4,11,16-19,31-34,59-64H,2-3,5-10,12-15,20-30,35-42,54-58H2,1H3/b11-4+. The maximum atomic E-state index is 6.48. The number of allylic oxidation sites excluding steroid dienone is 1. The smallest absolute Gasteiger partial charge is 0.0211 e. The molecule has 11 nitrogen and oxygen atoms in total. The number of unbranched alkanes of at least 4 members (excludes halogenated alkanes) is 4. The van der Waals surface area contributed by atoms with E-state index < -0.39 is 0 Å². The van der Waals surface area contributed by atoms with E-state index in [1.807, 2.05) is 0 Å². The van der Waals surface area contributed by atoms with Gasteiger partial charge in [0.15, 0.2) is 0 Å². The van der Waals surface area contributed by atoms with Crippen LogP contribution in [0.15, 0.2) is 60.7 Å². The number of benzene rings is 3. The lowest BCUT2D eigenvalue weighted by Crippen LogP contribution is -2.41. The molecule has 3 aromatic carbocycles. The van der Waals surface area contributed by atoms with Crippen molar-refractivity contribution in [3.63, 3.8) is 0 Å². The van der Waals surface area contributed by atoms with Crippen molar-refractivity contribution in [2.45, 2.75) is 136 Å². The van der Waals surface area contributed by atoms with E-state index in [0.717, 1.165) is 130 Å². The Morgan fingerprint density at radius 1 is 0.469 bits per heavy atom. The molecule has 0 aliphatic heterocycles. The average molecular weight is 882 g/mol. The van der Waals surface area contributed by atoms with E-state index in [4.69, 9.17) is 28.7 Å². The van der Waals surface area contributed by atoms with Gasteiger partial charge in [-0.15, -0.1) is 0 Å². The largest absolute Gasteiger partial charge is 0.330 e. The summed E-state index contributed by atoms with van der Waals surface area (Å²) >= 11 is 0. The van der Waals surface area contributed by atoms with Crippen molar-refractivity contribution in [3.05, 3.63) is 94.1 Å². The van der Waals surface area contributed by atoms with E-state index in [1.165, 1.54) is 107 Å². The molecule has 16 N–H and O–H groups in total. The monoisotopic (exact) mass is 882 g/mol. The van der Waals surface area contributed by atoms with Gasteiger partial charge >= 0.3 is 0 Å². The summed E-state index contributed by atoms with van der Waals surface area (Å²) in [5.74, 6) is 0. The third kappa shape index (κ3) is 19.1. The lowest BCUT2D eigenvalue weighted by Gasteiger charge is -2.36. The Balaban J connectivity index is 1.85. The number of nitrogens with one attached hydrogen (secondary N) is 6. The molecule has 0 aromatic heterocycles. The molecule has 1 saturated carbocycles. The van der Waals surface area contributed by atoms with Gasteiger partial charge in [0, 0.05) is 52.4 Å². The number of hydrogen-bond acceptors (Lipinski definition) is 11. The molecule has 1 aliphatic carbocycles. The molecule has 64 heavy (non-hydrogen) atoms. The van der Waals surface area contributed by atoms with Crippen LogP contribution in [0.3, 0.4) is 0 Å². The van der Waals surface area contributed by atoms with Gasteiger partial charge < -0.3 is 60.6 Å². The molecule has 0 unspecified atom stereocenters. The Labute approximate surface area is 389 Å². The maximum absolute atomic E-state index is 6.48. The first kappa shape index (κ1) is 53.6. The lowest BCUT2D eigenvalue weighted by molar-refractivity contribution is 0.191. The molecular weight excluding hydrogens is 791 g/mol. The van der Waals surface area contributed by atoms with Crippen LogP contribution in [0.5, 0.6) is 0 Å². The van der Waals surface area contributed by atoms with E-state index >= 15 is 0 Å². The molecule has 0 heterocycles. The summed E-state index contributed by atoms with van der Waals surface area (Å²) in [4.78, 5) is 0. The van der Waals surface area contributed by atoms with Crippen molar-refractivity contribution in [1.82, 2.24) is 31.9 Å². The molecule has 11 heteroatoms. The van der Waals surface area contributed by atoms with Crippen LogP contribution in [-0.4, -0.2) is 72.0 Å². The second-order valence-electron chi connectivity index (χ2n) is 18.2. The van der Waals surface area contributed by atoms with Crippen LogP contribution in [-0.2, 0) is 39.3 Å². The summed E-state index contributed by atoms with van der Waals surface area (Å²) in [5.41, 5.74) is 43.2. The van der Waals surface area contributed by atoms with E-state index in [9.17, 15) is 0 Å². The minimum absolute atomic E-state index is 0.181. The predicted molar refractivity (Wildman–Crippen MR) is 275 cm³/mol. The van der Waals surface area contributed by atoms with E-state index in [2.05, 4.69) is 99.5 Å². The zero-order valence-corrected chi connectivity index (χ0v) is 40.1. The van der Waals surface area contributed by atoms with Crippen molar-refractivity contribution in [2.75, 3.05) is 72.0 Å². The van der Waals surface area contributed by atoms with Crippen LogP contribution >= 0.6 is 0 Å². The Bertz CT molecular complexity index is 1720. The quantitative estimate of drug-likeness (QED) is 0.0228. The normalized spacial score (nSPS) is 14.0. The van der Waals surface area contributed by atoms with Gasteiger partial charge in [-0.2, -0.15) is 0 Å². The van der Waals surface area contributed by atoms with Crippen molar-refractivity contribution in [2.24, 2.45) is 34.1 Å². The summed E-state index contributed by atoms with van der Waals surface area (Å²) in [6.07, 6.45) is 20.5. The van der Waals surface area contributed by atoms with Gasteiger partial charge in [-0.05, 0) is 196 Å². The molecule has 358 valence electrons. The molecule has 0 bridgehead atoms. The molecule has 0 atom stereocenters. The second kappa shape index (κ2) is 32.6. The maximum Gasteiger partial charge on any atom is 0.0211 e. The summed E-state index contributed by atoms with van der Waals surface area (Å²) in [7, 11) is 0. The molecule has 0 spiro atoms. The summed E-state index contributed by atoms with van der Waals surface area (Å²) in [5, 5.41) is 22.6. The Morgan fingerprint density at radius 2 is 0.938 bits per heavy atom. The first-order valence-corrected chi connectivity index (χ1v) is 25.3. The number of hydrogen-bond donors (Lipinski definition) is 11. The predicted octanol–water partition coefficient (Wildman–Crippen LogP) is 6.39. The molecule has 0 amide bonds. The van der Waals surface area contributed by atoms with Crippen LogP contribution in [0.25, 0.3) is 22.3 Å². The van der Waals surface area contributed by atoms with Gasteiger partial charge in [0.05, 0.1) is 0 Å². The summed E-state index contributed by atoms with van der Waals surface area (Å²) < 4.78 is 0. The summed E-state index contributed by atoms with van der Waals surface area (Å²) in [6.45, 7) is 15.9. The van der Waals surface area contributed by atoms with Crippen LogP contribution < -0.4 is 60.6 Å². The van der Waals surface area contributed by atoms with Crippen LogP contribution in [0.2, 0.25) is 0 Å². The van der Waals surface area contributed by atoms with Crippen LogP contribution in [0.1, 0.15) is 130 Å². The first-order chi connectivity index (χ1) is 31.5. The first-order valence-electron chi connectivity index (χ1n) is 25.3. The van der Waals surface area contributed by atoms with E-state index in [-0.39, 0.29) is 5.41 Å². The molecule has 1 aliphatic rings. The molecule has 0 radical (unpaired) electrons. The average Bonchev–Trinajstić information content (AvgIpc) is 3.32. The van der Waals surface area contributed by atoms with Crippen molar-refractivity contribution in [1.29, 1.82) is 0 Å². The number of rotatable bonds is 36. The third-order valence-electron chi connectivity index (χ3n) is 12.9. The SMILES string of the molecule is CCC/C=C/CNCc1ccc(CNCCCN)c(-c2cc(CNCCCN)c(-c3cc(CNCCCN)ccc3CNCC3(CN)CCCCC3)cc2CNCCCCCCN)c1. The van der Waals surface area contributed by atoms with E-state index in [0.29, 0.717) is 19.6 Å². The highest BCUT2D eigenvalue weighted by atomic mass is 14.9. The van der Waals surface area contributed by atoms with Crippen LogP contribution in [0.4, 0.5) is 0 Å². The van der Waals surface area contributed by atoms with Crippen molar-refractivity contribution in [3.8, 4) is 22.3 Å². The Morgan fingerprint density at radius 3 is 1.47 bits per heavy atom. The highest BCUT2D eigenvalue weighted by Crippen LogP contribution is 2.38. The van der Waals surface area contributed by atoms with Gasteiger partial charge in [0.25, 0.3) is 0 Å². The zero-order valence-electron chi connectivity index (χ0n) is 40.1. The fourth-order valence-corrected chi connectivity index (χ4v) is 8.98. The number of nitrogens with two attached hydrogens (primary N) is 5. The zero-order chi connectivity index (χ0) is 45.5. The van der Waals surface area contributed by atoms with Crippen LogP contribution in [0, 0.1) is 5.41 Å². The molecule has 0 saturated heterocycles. The fourth-order valence-electron chi connectivity index (χ4n) is 8.98. The fraction of sp³-hybridized carbons (Fsp3) is 0.623. The van der Waals surface area contributed by atoms with Gasteiger partial charge in [-0.1, -0.05) is 81.9 Å². The van der Waals surface area contributed by atoms with Gasteiger partial charge in [-0.3, -0.25) is 0 Å². The highest BCUT2D eigenvalue weighted by Gasteiger charge is 2.30. The molecule has 1 fully saturated rings. The topological polar surface area (TPSA) is 202 Å².